The molecule has 0 heterocycles. The SMILES string of the molecule is Cc1ccc(NC(=O)C(=O)c2ccc(O)c(S(=O)(=O)Nc3ccc(F)c(F)c3)c2)cc1F. The third kappa shape index (κ3) is 4.89. The number of phenols is 1. The molecule has 3 aromatic rings. The van der Waals surface area contributed by atoms with Crippen molar-refractivity contribution in [2.45, 2.75) is 11.8 Å². The predicted octanol–water partition coefficient (Wildman–Crippen LogP) is 3.74. The number of benzene rings is 3. The summed E-state index contributed by atoms with van der Waals surface area (Å²) in [6, 6.07) is 8.67. The summed E-state index contributed by atoms with van der Waals surface area (Å²) < 4.78 is 67.1. The normalized spacial score (nSPS) is 11.1. The van der Waals surface area contributed by atoms with E-state index in [0.717, 1.165) is 30.3 Å². The average molecular weight is 464 g/mol. The van der Waals surface area contributed by atoms with Crippen LogP contribution in [-0.4, -0.2) is 25.2 Å². The van der Waals surface area contributed by atoms with E-state index in [1.807, 2.05) is 4.72 Å². The van der Waals surface area contributed by atoms with Gasteiger partial charge in [-0.2, -0.15) is 0 Å². The van der Waals surface area contributed by atoms with E-state index < -0.39 is 55.4 Å². The quantitative estimate of drug-likeness (QED) is 0.380. The molecule has 3 aromatic carbocycles. The van der Waals surface area contributed by atoms with Crippen LogP contribution in [0.3, 0.4) is 0 Å². The molecule has 0 aliphatic carbocycles. The standard InChI is InChI=1S/C21H15F3N2O5S/c1-11-2-4-13(9-16(11)23)25-21(29)20(28)12-3-7-18(27)19(8-12)32(30,31)26-14-5-6-15(22)17(24)10-14/h2-10,26-27H,1H3,(H,25,29). The van der Waals surface area contributed by atoms with Gasteiger partial charge in [-0.15, -0.1) is 0 Å². The zero-order valence-corrected chi connectivity index (χ0v) is 17.1. The summed E-state index contributed by atoms with van der Waals surface area (Å²) in [5, 5.41) is 12.2. The molecule has 0 aliphatic rings. The van der Waals surface area contributed by atoms with Crippen molar-refractivity contribution in [3.63, 3.8) is 0 Å². The lowest BCUT2D eigenvalue weighted by molar-refractivity contribution is -0.112. The topological polar surface area (TPSA) is 113 Å². The van der Waals surface area contributed by atoms with Crippen LogP contribution in [0.4, 0.5) is 24.5 Å². The Morgan fingerprint density at radius 3 is 2.16 bits per heavy atom. The second-order valence-electron chi connectivity index (χ2n) is 6.66. The van der Waals surface area contributed by atoms with E-state index in [2.05, 4.69) is 5.32 Å². The van der Waals surface area contributed by atoms with Crippen LogP contribution in [0.5, 0.6) is 5.75 Å². The van der Waals surface area contributed by atoms with E-state index in [-0.39, 0.29) is 11.4 Å². The first kappa shape index (κ1) is 22.8. The summed E-state index contributed by atoms with van der Waals surface area (Å²) in [5.41, 5.74) is -0.382. The van der Waals surface area contributed by atoms with Gasteiger partial charge in [0.2, 0.25) is 0 Å². The number of Topliss-reactive ketones (excluding diaryl/α,β-unsaturated/α-hetero) is 1. The largest absolute Gasteiger partial charge is 0.507 e. The molecular formula is C21H15F3N2O5S. The second-order valence-corrected chi connectivity index (χ2v) is 8.31. The van der Waals surface area contributed by atoms with Gasteiger partial charge in [0.05, 0.1) is 5.69 Å². The molecule has 32 heavy (non-hydrogen) atoms. The van der Waals surface area contributed by atoms with Crippen LogP contribution in [0.25, 0.3) is 0 Å². The number of carbonyl (C=O) groups is 2. The average Bonchev–Trinajstić information content (AvgIpc) is 2.73. The highest BCUT2D eigenvalue weighted by Gasteiger charge is 2.24. The highest BCUT2D eigenvalue weighted by molar-refractivity contribution is 7.92. The van der Waals surface area contributed by atoms with Crippen molar-refractivity contribution in [3.8, 4) is 5.75 Å². The molecule has 3 N–H and O–H groups in total. The van der Waals surface area contributed by atoms with E-state index >= 15 is 0 Å². The van der Waals surface area contributed by atoms with Crippen molar-refractivity contribution >= 4 is 33.1 Å². The Kier molecular flexibility index (Phi) is 6.21. The van der Waals surface area contributed by atoms with Gasteiger partial charge >= 0.3 is 0 Å². The number of nitrogens with one attached hydrogen (secondary N) is 2. The van der Waals surface area contributed by atoms with Crippen LogP contribution in [0.15, 0.2) is 59.5 Å². The first-order valence-electron chi connectivity index (χ1n) is 8.90. The van der Waals surface area contributed by atoms with Gasteiger partial charge in [0, 0.05) is 17.3 Å². The Labute approximate surface area is 180 Å². The lowest BCUT2D eigenvalue weighted by atomic mass is 10.1. The molecule has 3 rings (SSSR count). The van der Waals surface area contributed by atoms with Gasteiger partial charge in [0.25, 0.3) is 21.7 Å². The molecule has 1 amide bonds. The number of halogens is 3. The lowest BCUT2D eigenvalue weighted by Gasteiger charge is -2.11. The summed E-state index contributed by atoms with van der Waals surface area (Å²) in [6.45, 7) is 1.51. The molecule has 11 heteroatoms. The fourth-order valence-electron chi connectivity index (χ4n) is 2.63. The summed E-state index contributed by atoms with van der Waals surface area (Å²) in [4.78, 5) is 23.9. The van der Waals surface area contributed by atoms with Crippen molar-refractivity contribution in [1.82, 2.24) is 0 Å². The number of hydrogen-bond donors (Lipinski definition) is 3. The summed E-state index contributed by atoms with van der Waals surface area (Å²) in [7, 11) is -4.55. The molecule has 0 radical (unpaired) electrons. The monoisotopic (exact) mass is 464 g/mol. The van der Waals surface area contributed by atoms with Crippen LogP contribution < -0.4 is 10.0 Å². The molecule has 0 bridgehead atoms. The molecular weight excluding hydrogens is 449 g/mol. The molecule has 0 atom stereocenters. The Bertz CT molecular complexity index is 1340. The summed E-state index contributed by atoms with van der Waals surface area (Å²) in [6.07, 6.45) is 0. The minimum atomic E-state index is -4.55. The number of ketones is 1. The Hall–Kier alpha value is -3.86. The van der Waals surface area contributed by atoms with Crippen LogP contribution >= 0.6 is 0 Å². The Morgan fingerprint density at radius 2 is 1.50 bits per heavy atom. The molecule has 0 fully saturated rings. The Morgan fingerprint density at radius 1 is 0.844 bits per heavy atom. The predicted molar refractivity (Wildman–Crippen MR) is 109 cm³/mol. The number of aryl methyl sites for hydroxylation is 1. The number of sulfonamides is 1. The second kappa shape index (κ2) is 8.71. The van der Waals surface area contributed by atoms with Crippen molar-refractivity contribution in [2.24, 2.45) is 0 Å². The van der Waals surface area contributed by atoms with Crippen LogP contribution in [0, 0.1) is 24.4 Å². The lowest BCUT2D eigenvalue weighted by Crippen LogP contribution is -2.23. The third-order valence-corrected chi connectivity index (χ3v) is 5.73. The minimum Gasteiger partial charge on any atom is -0.507 e. The van der Waals surface area contributed by atoms with Crippen molar-refractivity contribution in [3.05, 3.63) is 83.2 Å². The smallest absolute Gasteiger partial charge is 0.296 e. The number of aromatic hydroxyl groups is 1. The maximum absolute atomic E-state index is 13.6. The number of anilines is 2. The number of hydrogen-bond acceptors (Lipinski definition) is 5. The van der Waals surface area contributed by atoms with Gasteiger partial charge in [0.1, 0.15) is 16.5 Å². The zero-order valence-electron chi connectivity index (χ0n) is 16.3. The van der Waals surface area contributed by atoms with Crippen LogP contribution in [0.2, 0.25) is 0 Å². The first-order valence-corrected chi connectivity index (χ1v) is 10.4. The van der Waals surface area contributed by atoms with Gasteiger partial charge in [-0.05, 0) is 55.0 Å². The maximum atomic E-state index is 13.6. The minimum absolute atomic E-state index is 0.0121. The molecule has 0 aliphatic heterocycles. The first-order chi connectivity index (χ1) is 15.0. The molecule has 7 nitrogen and oxygen atoms in total. The molecule has 0 spiro atoms. The molecule has 166 valence electrons. The Balaban J connectivity index is 1.86. The van der Waals surface area contributed by atoms with E-state index in [9.17, 15) is 36.3 Å². The molecule has 0 saturated heterocycles. The van der Waals surface area contributed by atoms with E-state index in [4.69, 9.17) is 0 Å². The van der Waals surface area contributed by atoms with E-state index in [1.54, 1.807) is 0 Å². The molecule has 0 aromatic heterocycles. The number of carbonyl (C=O) groups excluding carboxylic acids is 2. The van der Waals surface area contributed by atoms with Gasteiger partial charge in [-0.25, -0.2) is 21.6 Å². The fraction of sp³-hybridized carbons (Fsp3) is 0.0476. The highest BCUT2D eigenvalue weighted by Crippen LogP contribution is 2.27. The van der Waals surface area contributed by atoms with E-state index in [1.165, 1.54) is 19.1 Å². The molecule has 0 saturated carbocycles. The molecule has 0 unspecified atom stereocenters. The number of rotatable bonds is 6. The zero-order chi connectivity index (χ0) is 23.6. The van der Waals surface area contributed by atoms with Gasteiger partial charge < -0.3 is 10.4 Å². The van der Waals surface area contributed by atoms with Crippen LogP contribution in [-0.2, 0) is 14.8 Å². The third-order valence-electron chi connectivity index (χ3n) is 4.32. The van der Waals surface area contributed by atoms with Gasteiger partial charge in [-0.3, -0.25) is 14.3 Å². The van der Waals surface area contributed by atoms with Crippen molar-refractivity contribution < 1.29 is 36.3 Å². The maximum Gasteiger partial charge on any atom is 0.296 e. The van der Waals surface area contributed by atoms with E-state index in [0.29, 0.717) is 17.7 Å². The van der Waals surface area contributed by atoms with Crippen LogP contribution in [0.1, 0.15) is 15.9 Å². The van der Waals surface area contributed by atoms with Gasteiger partial charge in [0.15, 0.2) is 11.6 Å². The van der Waals surface area contributed by atoms with Crippen molar-refractivity contribution in [2.75, 3.05) is 10.0 Å². The van der Waals surface area contributed by atoms with Gasteiger partial charge in [-0.1, -0.05) is 6.07 Å². The summed E-state index contributed by atoms with van der Waals surface area (Å²) in [5.74, 6) is -6.18. The summed E-state index contributed by atoms with van der Waals surface area (Å²) >= 11 is 0. The highest BCUT2D eigenvalue weighted by atomic mass is 32.2. The number of phenolic OH excluding ortho intramolecular Hbond substituents is 1. The number of amides is 1. The van der Waals surface area contributed by atoms with Crippen molar-refractivity contribution in [1.29, 1.82) is 0 Å². The fourth-order valence-corrected chi connectivity index (χ4v) is 3.80.